The van der Waals surface area contributed by atoms with E-state index in [1.807, 2.05) is 24.1 Å². The molecule has 1 heterocycles. The number of hydrogen-bond acceptors (Lipinski definition) is 4. The van der Waals surface area contributed by atoms with Gasteiger partial charge in [0.25, 0.3) is 0 Å². The van der Waals surface area contributed by atoms with E-state index in [2.05, 4.69) is 10.3 Å². The molecule has 0 atom stereocenters. The van der Waals surface area contributed by atoms with Gasteiger partial charge in [-0.15, -0.1) is 0 Å². The average Bonchev–Trinajstić information content (AvgIpc) is 2.35. The van der Waals surface area contributed by atoms with Crippen molar-refractivity contribution in [2.24, 2.45) is 5.73 Å². The molecule has 1 aromatic rings. The van der Waals surface area contributed by atoms with Crippen LogP contribution in [-0.4, -0.2) is 36.5 Å². The predicted molar refractivity (Wildman–Crippen MR) is 72.1 cm³/mol. The van der Waals surface area contributed by atoms with Crippen molar-refractivity contribution < 1.29 is 4.79 Å². The molecule has 0 fully saturated rings. The first kappa shape index (κ1) is 13.4. The first-order valence-electron chi connectivity index (χ1n) is 5.22. The number of nitrogens with two attached hydrogens (primary N) is 1. The van der Waals surface area contributed by atoms with Gasteiger partial charge < -0.3 is 16.0 Å². The molecule has 0 aromatic carbocycles. The Bertz CT molecular complexity index is 404. The Morgan fingerprint density at radius 2 is 2.29 bits per heavy atom. The number of pyridine rings is 1. The molecule has 1 rings (SSSR count). The van der Waals surface area contributed by atoms with Crippen LogP contribution in [0.25, 0.3) is 0 Å². The zero-order valence-electron chi connectivity index (χ0n) is 9.93. The molecule has 0 aliphatic rings. The second kappa shape index (κ2) is 6.15. The Balaban J connectivity index is 2.60. The molecule has 5 nitrogen and oxygen atoms in total. The van der Waals surface area contributed by atoms with E-state index < -0.39 is 0 Å². The topological polar surface area (TPSA) is 71.2 Å². The molecule has 0 aliphatic heterocycles. The molecule has 17 heavy (non-hydrogen) atoms. The number of carbonyl (C=O) groups excluding carboxylic acids is 1. The number of carbonyl (C=O) groups is 1. The molecule has 0 aliphatic carbocycles. The van der Waals surface area contributed by atoms with Crippen LogP contribution in [0, 0.1) is 0 Å². The van der Waals surface area contributed by atoms with Gasteiger partial charge >= 0.3 is 0 Å². The Labute approximate surface area is 106 Å². The minimum absolute atomic E-state index is 0.0107. The van der Waals surface area contributed by atoms with Crippen LogP contribution in [0.5, 0.6) is 0 Å². The van der Waals surface area contributed by atoms with E-state index in [9.17, 15) is 4.79 Å². The molecule has 0 bridgehead atoms. The minimum atomic E-state index is 0.0107. The van der Waals surface area contributed by atoms with Crippen LogP contribution in [-0.2, 0) is 4.79 Å². The van der Waals surface area contributed by atoms with Gasteiger partial charge in [-0.05, 0) is 12.1 Å². The Morgan fingerprint density at radius 3 is 2.76 bits per heavy atom. The van der Waals surface area contributed by atoms with Gasteiger partial charge in [0.1, 0.15) is 10.8 Å². The predicted octanol–water partition coefficient (Wildman–Crippen LogP) is 0.288. The molecular formula is C11H16N4OS. The van der Waals surface area contributed by atoms with Gasteiger partial charge in [-0.1, -0.05) is 12.2 Å². The average molecular weight is 252 g/mol. The first-order valence-corrected chi connectivity index (χ1v) is 5.63. The van der Waals surface area contributed by atoms with Crippen molar-refractivity contribution in [2.45, 2.75) is 6.42 Å². The SMILES string of the molecule is CNC(=O)CCN(C)c1ccc(C(N)=S)cn1. The van der Waals surface area contributed by atoms with E-state index in [1.54, 1.807) is 13.2 Å². The molecule has 92 valence electrons. The smallest absolute Gasteiger partial charge is 0.221 e. The number of thiocarbonyl (C=S) groups is 1. The van der Waals surface area contributed by atoms with E-state index in [1.165, 1.54) is 0 Å². The fourth-order valence-electron chi connectivity index (χ4n) is 1.27. The molecule has 0 unspecified atom stereocenters. The molecule has 0 spiro atoms. The van der Waals surface area contributed by atoms with E-state index in [0.29, 0.717) is 18.0 Å². The van der Waals surface area contributed by atoms with Gasteiger partial charge in [-0.25, -0.2) is 4.98 Å². The van der Waals surface area contributed by atoms with Crippen molar-refractivity contribution in [3.05, 3.63) is 23.9 Å². The number of nitrogens with one attached hydrogen (secondary N) is 1. The van der Waals surface area contributed by atoms with Crippen molar-refractivity contribution in [1.29, 1.82) is 0 Å². The third kappa shape index (κ3) is 3.99. The lowest BCUT2D eigenvalue weighted by atomic mass is 10.3. The van der Waals surface area contributed by atoms with Crippen LogP contribution in [0.4, 0.5) is 5.82 Å². The molecule has 0 radical (unpaired) electrons. The van der Waals surface area contributed by atoms with E-state index in [-0.39, 0.29) is 5.91 Å². The summed E-state index contributed by atoms with van der Waals surface area (Å²) in [7, 11) is 3.50. The Kier molecular flexibility index (Phi) is 4.84. The maximum absolute atomic E-state index is 11.1. The minimum Gasteiger partial charge on any atom is -0.389 e. The van der Waals surface area contributed by atoms with E-state index in [0.717, 1.165) is 11.4 Å². The van der Waals surface area contributed by atoms with Gasteiger partial charge in [0.2, 0.25) is 5.91 Å². The van der Waals surface area contributed by atoms with E-state index in [4.69, 9.17) is 18.0 Å². The highest BCUT2D eigenvalue weighted by Gasteiger charge is 2.05. The van der Waals surface area contributed by atoms with Crippen molar-refractivity contribution >= 4 is 28.9 Å². The maximum atomic E-state index is 11.1. The summed E-state index contributed by atoms with van der Waals surface area (Å²) in [5.41, 5.74) is 6.22. The quantitative estimate of drug-likeness (QED) is 0.737. The lowest BCUT2D eigenvalue weighted by molar-refractivity contribution is -0.120. The summed E-state index contributed by atoms with van der Waals surface area (Å²) in [4.78, 5) is 17.6. The number of amides is 1. The largest absolute Gasteiger partial charge is 0.389 e. The van der Waals surface area contributed by atoms with Gasteiger partial charge in [0.05, 0.1) is 0 Å². The lowest BCUT2D eigenvalue weighted by Gasteiger charge is -2.17. The highest BCUT2D eigenvalue weighted by atomic mass is 32.1. The summed E-state index contributed by atoms with van der Waals surface area (Å²) in [6.07, 6.45) is 2.07. The molecule has 1 amide bonds. The molecule has 0 saturated heterocycles. The number of rotatable bonds is 5. The van der Waals surface area contributed by atoms with Crippen molar-refractivity contribution in [3.8, 4) is 0 Å². The van der Waals surface area contributed by atoms with Crippen LogP contribution in [0.15, 0.2) is 18.3 Å². The zero-order chi connectivity index (χ0) is 12.8. The zero-order valence-corrected chi connectivity index (χ0v) is 10.8. The van der Waals surface area contributed by atoms with E-state index >= 15 is 0 Å². The number of nitrogens with zero attached hydrogens (tertiary/aromatic N) is 2. The Hall–Kier alpha value is -1.69. The highest BCUT2D eigenvalue weighted by molar-refractivity contribution is 7.80. The second-order valence-electron chi connectivity index (χ2n) is 3.61. The maximum Gasteiger partial charge on any atom is 0.221 e. The second-order valence-corrected chi connectivity index (χ2v) is 4.05. The molecule has 3 N–H and O–H groups in total. The third-order valence-corrected chi connectivity index (χ3v) is 2.61. The third-order valence-electron chi connectivity index (χ3n) is 2.38. The fourth-order valence-corrected chi connectivity index (χ4v) is 1.39. The summed E-state index contributed by atoms with van der Waals surface area (Å²) in [6, 6.07) is 3.65. The summed E-state index contributed by atoms with van der Waals surface area (Å²) < 4.78 is 0. The lowest BCUT2D eigenvalue weighted by Crippen LogP contribution is -2.26. The van der Waals surface area contributed by atoms with Crippen LogP contribution in [0.1, 0.15) is 12.0 Å². The summed E-state index contributed by atoms with van der Waals surface area (Å²) in [5.74, 6) is 0.797. The number of aromatic nitrogens is 1. The standard InChI is InChI=1S/C11H16N4OS/c1-13-10(16)5-6-15(2)9-4-3-8(7-14-9)11(12)17/h3-4,7H,5-6H2,1-2H3,(H2,12,17)(H,13,16). The number of anilines is 1. The normalized spacial score (nSPS) is 9.76. The van der Waals surface area contributed by atoms with Crippen LogP contribution in [0.2, 0.25) is 0 Å². The molecule has 1 aromatic heterocycles. The summed E-state index contributed by atoms with van der Waals surface area (Å²) >= 11 is 4.84. The van der Waals surface area contributed by atoms with Gasteiger partial charge in [0, 0.05) is 38.8 Å². The molecule has 6 heteroatoms. The summed E-state index contributed by atoms with van der Waals surface area (Å²) in [5, 5.41) is 2.58. The van der Waals surface area contributed by atoms with Gasteiger partial charge in [-0.3, -0.25) is 4.79 Å². The van der Waals surface area contributed by atoms with Gasteiger partial charge in [-0.2, -0.15) is 0 Å². The highest BCUT2D eigenvalue weighted by Crippen LogP contribution is 2.09. The Morgan fingerprint density at radius 1 is 1.59 bits per heavy atom. The monoisotopic (exact) mass is 252 g/mol. The van der Waals surface area contributed by atoms with Gasteiger partial charge in [0.15, 0.2) is 0 Å². The van der Waals surface area contributed by atoms with Crippen molar-refractivity contribution in [1.82, 2.24) is 10.3 Å². The van der Waals surface area contributed by atoms with Crippen LogP contribution in [0.3, 0.4) is 0 Å². The van der Waals surface area contributed by atoms with Crippen LogP contribution >= 0.6 is 12.2 Å². The molecule has 0 saturated carbocycles. The fraction of sp³-hybridized carbons (Fsp3) is 0.364. The summed E-state index contributed by atoms with van der Waals surface area (Å²) in [6.45, 7) is 0.610. The molecular weight excluding hydrogens is 236 g/mol. The van der Waals surface area contributed by atoms with Crippen molar-refractivity contribution in [2.75, 3.05) is 25.5 Å². The first-order chi connectivity index (χ1) is 8.04. The number of hydrogen-bond donors (Lipinski definition) is 2. The van der Waals surface area contributed by atoms with Crippen molar-refractivity contribution in [3.63, 3.8) is 0 Å². The van der Waals surface area contributed by atoms with Crippen LogP contribution < -0.4 is 16.0 Å².